The highest BCUT2D eigenvalue weighted by atomic mass is 19.2. The first kappa shape index (κ1) is 13.9. The normalized spacial score (nSPS) is 30.4. The number of hydrogen-bond acceptors (Lipinski definition) is 3. The number of ether oxygens (including phenoxy) is 2. The lowest BCUT2D eigenvalue weighted by Crippen LogP contribution is -2.51. The second kappa shape index (κ2) is 5.76. The van der Waals surface area contributed by atoms with Crippen molar-refractivity contribution in [3.63, 3.8) is 0 Å². The van der Waals surface area contributed by atoms with Gasteiger partial charge in [-0.3, -0.25) is 4.90 Å². The molecule has 1 saturated heterocycles. The van der Waals surface area contributed by atoms with Crippen molar-refractivity contribution in [3.05, 3.63) is 35.4 Å². The monoisotopic (exact) mass is 283 g/mol. The van der Waals surface area contributed by atoms with Gasteiger partial charge in [0.05, 0.1) is 18.8 Å². The fourth-order valence-corrected chi connectivity index (χ4v) is 3.31. The third-order valence-electron chi connectivity index (χ3n) is 4.32. The Labute approximate surface area is 117 Å². The van der Waals surface area contributed by atoms with Gasteiger partial charge in [-0.15, -0.1) is 0 Å². The molecule has 3 atom stereocenters. The van der Waals surface area contributed by atoms with Gasteiger partial charge in [0.1, 0.15) is 0 Å². The van der Waals surface area contributed by atoms with Crippen LogP contribution < -0.4 is 0 Å². The van der Waals surface area contributed by atoms with Crippen LogP contribution in [0, 0.1) is 11.6 Å². The highest BCUT2D eigenvalue weighted by Gasteiger charge is 2.42. The molecule has 3 rings (SSSR count). The van der Waals surface area contributed by atoms with E-state index in [1.54, 1.807) is 13.2 Å². The fourth-order valence-electron chi connectivity index (χ4n) is 3.31. The van der Waals surface area contributed by atoms with Gasteiger partial charge in [0.15, 0.2) is 11.6 Å². The molecule has 0 N–H and O–H groups in total. The minimum atomic E-state index is -0.797. The van der Waals surface area contributed by atoms with E-state index >= 15 is 0 Å². The first-order valence-corrected chi connectivity index (χ1v) is 7.01. The summed E-state index contributed by atoms with van der Waals surface area (Å²) in [4.78, 5) is 2.29. The van der Waals surface area contributed by atoms with Gasteiger partial charge in [-0.1, -0.05) is 6.07 Å². The van der Waals surface area contributed by atoms with Crippen molar-refractivity contribution < 1.29 is 18.3 Å². The quantitative estimate of drug-likeness (QED) is 0.850. The SMILES string of the molecule is CO[C@@H]1CC[C@@H]2[C@@H]1OCCN2Cc1ccc(F)c(F)c1. The molecule has 0 bridgehead atoms. The first-order chi connectivity index (χ1) is 9.69. The van der Waals surface area contributed by atoms with Crippen molar-refractivity contribution in [1.82, 2.24) is 4.90 Å². The van der Waals surface area contributed by atoms with E-state index in [-0.39, 0.29) is 12.2 Å². The average molecular weight is 283 g/mol. The largest absolute Gasteiger partial charge is 0.379 e. The molecule has 0 spiro atoms. The van der Waals surface area contributed by atoms with Gasteiger partial charge in [0.25, 0.3) is 0 Å². The van der Waals surface area contributed by atoms with Gasteiger partial charge in [-0.25, -0.2) is 8.78 Å². The molecule has 20 heavy (non-hydrogen) atoms. The second-order valence-electron chi connectivity index (χ2n) is 5.47. The predicted molar refractivity (Wildman–Crippen MR) is 70.3 cm³/mol. The van der Waals surface area contributed by atoms with Gasteiger partial charge in [-0.05, 0) is 30.5 Å². The van der Waals surface area contributed by atoms with E-state index in [1.807, 2.05) is 0 Å². The third kappa shape index (κ3) is 2.57. The van der Waals surface area contributed by atoms with Crippen LogP contribution >= 0.6 is 0 Å². The number of halogens is 2. The maximum Gasteiger partial charge on any atom is 0.159 e. The van der Waals surface area contributed by atoms with Gasteiger partial charge in [0.2, 0.25) is 0 Å². The Morgan fingerprint density at radius 3 is 2.90 bits per heavy atom. The zero-order chi connectivity index (χ0) is 14.1. The molecule has 2 aliphatic rings. The molecule has 110 valence electrons. The zero-order valence-corrected chi connectivity index (χ0v) is 11.5. The molecule has 3 nitrogen and oxygen atoms in total. The Hall–Kier alpha value is -1.04. The summed E-state index contributed by atoms with van der Waals surface area (Å²) in [5, 5.41) is 0. The van der Waals surface area contributed by atoms with E-state index in [0.717, 1.165) is 24.9 Å². The summed E-state index contributed by atoms with van der Waals surface area (Å²) in [6.45, 7) is 2.10. The summed E-state index contributed by atoms with van der Waals surface area (Å²) in [5.41, 5.74) is 0.797. The molecule has 2 fully saturated rings. The minimum Gasteiger partial charge on any atom is -0.379 e. The molecule has 0 amide bonds. The number of benzene rings is 1. The van der Waals surface area contributed by atoms with Crippen molar-refractivity contribution in [2.24, 2.45) is 0 Å². The molecular formula is C15H19F2NO2. The summed E-state index contributed by atoms with van der Waals surface area (Å²) in [6, 6.07) is 4.42. The zero-order valence-electron chi connectivity index (χ0n) is 11.5. The molecular weight excluding hydrogens is 264 g/mol. The topological polar surface area (TPSA) is 21.7 Å². The third-order valence-corrected chi connectivity index (χ3v) is 4.32. The van der Waals surface area contributed by atoms with Crippen molar-refractivity contribution >= 4 is 0 Å². The minimum absolute atomic E-state index is 0.0963. The molecule has 0 aromatic heterocycles. The van der Waals surface area contributed by atoms with E-state index in [1.165, 1.54) is 12.1 Å². The lowest BCUT2D eigenvalue weighted by Gasteiger charge is -2.38. The number of nitrogens with zero attached hydrogens (tertiary/aromatic N) is 1. The molecule has 0 radical (unpaired) electrons. The van der Waals surface area contributed by atoms with Crippen molar-refractivity contribution in [3.8, 4) is 0 Å². The van der Waals surface area contributed by atoms with Crippen molar-refractivity contribution in [2.75, 3.05) is 20.3 Å². The smallest absolute Gasteiger partial charge is 0.159 e. The van der Waals surface area contributed by atoms with Gasteiger partial charge in [0, 0.05) is 26.2 Å². The standard InChI is InChI=1S/C15H19F2NO2/c1-19-14-5-4-13-15(14)20-7-6-18(13)9-10-2-3-11(16)12(17)8-10/h2-3,8,13-15H,4-7,9H2,1H3/t13-,14-,15+/m1/s1. The van der Waals surface area contributed by atoms with Crippen molar-refractivity contribution in [2.45, 2.75) is 37.6 Å². The number of hydrogen-bond donors (Lipinski definition) is 0. The molecule has 1 aromatic carbocycles. The van der Waals surface area contributed by atoms with Gasteiger partial charge >= 0.3 is 0 Å². The van der Waals surface area contributed by atoms with Crippen LogP contribution in [0.2, 0.25) is 0 Å². The maximum atomic E-state index is 13.3. The Bertz CT molecular complexity index is 483. The van der Waals surface area contributed by atoms with Crippen LogP contribution in [-0.2, 0) is 16.0 Å². The fraction of sp³-hybridized carbons (Fsp3) is 0.600. The molecule has 0 unspecified atom stereocenters. The highest BCUT2D eigenvalue weighted by Crippen LogP contribution is 2.32. The Morgan fingerprint density at radius 1 is 1.30 bits per heavy atom. The molecule has 1 aliphatic carbocycles. The van der Waals surface area contributed by atoms with Gasteiger partial charge < -0.3 is 9.47 Å². The number of fused-ring (bicyclic) bond motifs is 1. The molecule has 5 heteroatoms. The summed E-state index contributed by atoms with van der Waals surface area (Å²) in [7, 11) is 1.71. The molecule has 1 aromatic rings. The summed E-state index contributed by atoms with van der Waals surface area (Å²) >= 11 is 0. The van der Waals surface area contributed by atoms with E-state index < -0.39 is 11.6 Å². The maximum absolute atomic E-state index is 13.3. The lowest BCUT2D eigenvalue weighted by molar-refractivity contribution is -0.106. The van der Waals surface area contributed by atoms with Crippen molar-refractivity contribution in [1.29, 1.82) is 0 Å². The molecule has 1 aliphatic heterocycles. The molecule has 1 saturated carbocycles. The number of morpholine rings is 1. The van der Waals surface area contributed by atoms with Gasteiger partial charge in [-0.2, -0.15) is 0 Å². The van der Waals surface area contributed by atoms with Crippen LogP contribution in [0.1, 0.15) is 18.4 Å². The van der Waals surface area contributed by atoms with E-state index in [4.69, 9.17) is 9.47 Å². The highest BCUT2D eigenvalue weighted by molar-refractivity contribution is 5.18. The summed E-state index contributed by atoms with van der Waals surface area (Å²) in [5.74, 6) is -1.58. The molecule has 1 heterocycles. The van der Waals surface area contributed by atoms with Crippen LogP contribution in [-0.4, -0.2) is 43.4 Å². The van der Waals surface area contributed by atoms with Crippen LogP contribution in [0.4, 0.5) is 8.78 Å². The average Bonchev–Trinajstić information content (AvgIpc) is 2.87. The first-order valence-electron chi connectivity index (χ1n) is 7.01. The number of rotatable bonds is 3. The van der Waals surface area contributed by atoms with E-state index in [9.17, 15) is 8.78 Å². The van der Waals surface area contributed by atoms with Crippen LogP contribution in [0.25, 0.3) is 0 Å². The van der Waals surface area contributed by atoms with Crippen LogP contribution in [0.15, 0.2) is 18.2 Å². The van der Waals surface area contributed by atoms with Crippen LogP contribution in [0.5, 0.6) is 0 Å². The van der Waals surface area contributed by atoms with E-state index in [2.05, 4.69) is 4.90 Å². The van der Waals surface area contributed by atoms with E-state index in [0.29, 0.717) is 19.2 Å². The Morgan fingerprint density at radius 2 is 2.15 bits per heavy atom. The summed E-state index contributed by atoms with van der Waals surface area (Å²) in [6.07, 6.45) is 2.25. The summed E-state index contributed by atoms with van der Waals surface area (Å²) < 4.78 is 37.5. The second-order valence-corrected chi connectivity index (χ2v) is 5.47. The number of methoxy groups -OCH3 is 1. The van der Waals surface area contributed by atoms with Crippen LogP contribution in [0.3, 0.4) is 0 Å². The Balaban J connectivity index is 1.72. The predicted octanol–water partition coefficient (Wildman–Crippen LogP) is 2.34. The Kier molecular flexibility index (Phi) is 4.01. The lowest BCUT2D eigenvalue weighted by atomic mass is 10.1.